The zero-order valence-corrected chi connectivity index (χ0v) is 16.2. The number of carbonyl (C=O) groups excluding carboxylic acids is 4. The molecule has 0 spiro atoms. The number of benzene rings is 2. The summed E-state index contributed by atoms with van der Waals surface area (Å²) in [5.74, 6) is -2.24. The number of hydrogen-bond acceptors (Lipinski definition) is 5. The predicted octanol–water partition coefficient (Wildman–Crippen LogP) is 2.77. The van der Waals surface area contributed by atoms with Crippen molar-refractivity contribution >= 4 is 41.0 Å². The van der Waals surface area contributed by atoms with Crippen LogP contribution in [-0.2, 0) is 9.53 Å². The van der Waals surface area contributed by atoms with Crippen molar-refractivity contribution in [2.45, 2.75) is 13.0 Å². The second kappa shape index (κ2) is 7.44. The molecule has 1 heterocycles. The van der Waals surface area contributed by atoms with E-state index in [1.807, 2.05) is 0 Å². The normalized spacial score (nSPS) is 13.9. The van der Waals surface area contributed by atoms with Crippen LogP contribution in [0, 0.1) is 0 Å². The van der Waals surface area contributed by atoms with E-state index in [-0.39, 0.29) is 33.3 Å². The number of halogens is 1. The van der Waals surface area contributed by atoms with E-state index >= 15 is 0 Å². The molecular formula is C20H17ClN2O5. The maximum absolute atomic E-state index is 12.8. The number of rotatable bonds is 4. The Labute approximate surface area is 166 Å². The van der Waals surface area contributed by atoms with Gasteiger partial charge in [0.25, 0.3) is 17.7 Å². The minimum Gasteiger partial charge on any atom is -0.449 e. The smallest absolute Gasteiger partial charge is 0.338 e. The highest BCUT2D eigenvalue weighted by Gasteiger charge is 2.38. The summed E-state index contributed by atoms with van der Waals surface area (Å²) in [5, 5.41) is 0.257. The molecule has 0 unspecified atom stereocenters. The minimum atomic E-state index is -0.979. The van der Waals surface area contributed by atoms with Crippen molar-refractivity contribution in [3.8, 4) is 0 Å². The molecule has 2 aromatic rings. The third-order valence-corrected chi connectivity index (χ3v) is 4.61. The molecular weight excluding hydrogens is 384 g/mol. The number of likely N-dealkylation sites (N-methyl/N-ethyl adjacent to an activating group) is 1. The van der Waals surface area contributed by atoms with Crippen molar-refractivity contribution in [1.82, 2.24) is 4.90 Å². The number of para-hydroxylation sites is 1. The average Bonchev–Trinajstić information content (AvgIpc) is 2.91. The summed E-state index contributed by atoms with van der Waals surface area (Å²) in [7, 11) is 3.10. The van der Waals surface area contributed by atoms with Crippen molar-refractivity contribution in [3.05, 3.63) is 64.2 Å². The molecule has 1 aliphatic rings. The van der Waals surface area contributed by atoms with Crippen LogP contribution in [0.25, 0.3) is 0 Å². The van der Waals surface area contributed by atoms with Crippen LogP contribution in [0.3, 0.4) is 0 Å². The number of fused-ring (bicyclic) bond motifs is 1. The molecule has 3 amide bonds. The maximum Gasteiger partial charge on any atom is 0.338 e. The van der Waals surface area contributed by atoms with Gasteiger partial charge < -0.3 is 9.64 Å². The molecule has 1 aliphatic heterocycles. The number of amides is 3. The second-order valence-electron chi connectivity index (χ2n) is 6.44. The van der Waals surface area contributed by atoms with Gasteiger partial charge in [0.05, 0.1) is 27.4 Å². The first-order valence-corrected chi connectivity index (χ1v) is 8.79. The lowest BCUT2D eigenvalue weighted by Gasteiger charge is -2.17. The number of nitrogens with zero attached hydrogens (tertiary/aromatic N) is 2. The molecule has 0 bridgehead atoms. The number of imide groups is 1. The van der Waals surface area contributed by atoms with Crippen molar-refractivity contribution in [3.63, 3.8) is 0 Å². The molecule has 2 aromatic carbocycles. The predicted molar refractivity (Wildman–Crippen MR) is 103 cm³/mol. The van der Waals surface area contributed by atoms with E-state index in [9.17, 15) is 19.2 Å². The minimum absolute atomic E-state index is 0.0688. The molecule has 7 nitrogen and oxygen atoms in total. The lowest BCUT2D eigenvalue weighted by Crippen LogP contribution is -2.34. The summed E-state index contributed by atoms with van der Waals surface area (Å²) in [6, 6.07) is 10.6. The van der Waals surface area contributed by atoms with Crippen LogP contribution >= 0.6 is 11.6 Å². The summed E-state index contributed by atoms with van der Waals surface area (Å²) in [4.78, 5) is 51.9. The summed E-state index contributed by atoms with van der Waals surface area (Å²) >= 11 is 6.12. The van der Waals surface area contributed by atoms with Gasteiger partial charge in [0.15, 0.2) is 6.10 Å². The first-order valence-electron chi connectivity index (χ1n) is 8.42. The summed E-state index contributed by atoms with van der Waals surface area (Å²) < 4.78 is 5.15. The zero-order chi connectivity index (χ0) is 20.6. The highest BCUT2D eigenvalue weighted by Crippen LogP contribution is 2.33. The molecule has 144 valence electrons. The molecule has 0 radical (unpaired) electrons. The Kier molecular flexibility index (Phi) is 5.20. The van der Waals surface area contributed by atoms with E-state index in [1.54, 1.807) is 38.4 Å². The summed E-state index contributed by atoms with van der Waals surface area (Å²) in [6.07, 6.45) is -0.979. The van der Waals surface area contributed by atoms with Crippen LogP contribution < -0.4 is 4.90 Å². The van der Waals surface area contributed by atoms with Crippen molar-refractivity contribution in [2.24, 2.45) is 0 Å². The number of esters is 1. The molecule has 0 saturated carbocycles. The van der Waals surface area contributed by atoms with Crippen LogP contribution in [0.1, 0.15) is 38.0 Å². The van der Waals surface area contributed by atoms with Gasteiger partial charge in [0, 0.05) is 14.1 Å². The molecule has 8 heteroatoms. The van der Waals surface area contributed by atoms with E-state index in [4.69, 9.17) is 16.3 Å². The molecule has 0 N–H and O–H groups in total. The molecule has 1 atom stereocenters. The van der Waals surface area contributed by atoms with Crippen LogP contribution in [0.4, 0.5) is 5.69 Å². The molecule has 0 aliphatic carbocycles. The first-order chi connectivity index (χ1) is 13.2. The van der Waals surface area contributed by atoms with Gasteiger partial charge in [-0.05, 0) is 37.3 Å². The van der Waals surface area contributed by atoms with E-state index < -0.39 is 23.9 Å². The topological polar surface area (TPSA) is 84.0 Å². The Morgan fingerprint density at radius 3 is 2.32 bits per heavy atom. The van der Waals surface area contributed by atoms with Gasteiger partial charge in [0.1, 0.15) is 0 Å². The lowest BCUT2D eigenvalue weighted by molar-refractivity contribution is -0.137. The summed E-state index contributed by atoms with van der Waals surface area (Å²) in [5.41, 5.74) is 0.578. The Hall–Kier alpha value is -3.19. The average molecular weight is 401 g/mol. The zero-order valence-electron chi connectivity index (χ0n) is 15.4. The number of hydrogen-bond donors (Lipinski definition) is 0. The van der Waals surface area contributed by atoms with Gasteiger partial charge in [0.2, 0.25) is 0 Å². The van der Waals surface area contributed by atoms with E-state index in [2.05, 4.69) is 0 Å². The fourth-order valence-electron chi connectivity index (χ4n) is 2.86. The van der Waals surface area contributed by atoms with E-state index in [1.165, 1.54) is 30.0 Å². The maximum atomic E-state index is 12.8. The van der Waals surface area contributed by atoms with Gasteiger partial charge in [-0.3, -0.25) is 14.4 Å². The fraction of sp³-hybridized carbons (Fsp3) is 0.200. The summed E-state index contributed by atoms with van der Waals surface area (Å²) in [6.45, 7) is 1.46. The van der Waals surface area contributed by atoms with E-state index in [0.29, 0.717) is 0 Å². The number of carbonyl (C=O) groups is 4. The standard InChI is InChI=1S/C20H17ClN2O5/c1-11(17(24)22(2)3)28-20(27)12-8-9-13-14(10-12)19(26)23(18(13)25)16-7-5-4-6-15(16)21/h4-11H,1-3H3/t11-/m1/s1. The lowest BCUT2D eigenvalue weighted by atomic mass is 10.1. The van der Waals surface area contributed by atoms with Crippen molar-refractivity contribution in [1.29, 1.82) is 0 Å². The fourth-order valence-corrected chi connectivity index (χ4v) is 3.08. The van der Waals surface area contributed by atoms with Gasteiger partial charge in [-0.15, -0.1) is 0 Å². The SMILES string of the molecule is C[C@@H](OC(=O)c1ccc2c(c1)C(=O)N(c1ccccc1Cl)C2=O)C(=O)N(C)C. The molecule has 0 aromatic heterocycles. The van der Waals surface area contributed by atoms with Crippen molar-refractivity contribution in [2.75, 3.05) is 19.0 Å². The number of ether oxygens (including phenoxy) is 1. The van der Waals surface area contributed by atoms with Gasteiger partial charge in [-0.2, -0.15) is 0 Å². The van der Waals surface area contributed by atoms with Crippen molar-refractivity contribution < 1.29 is 23.9 Å². The van der Waals surface area contributed by atoms with Gasteiger partial charge >= 0.3 is 5.97 Å². The Morgan fingerprint density at radius 2 is 1.68 bits per heavy atom. The van der Waals surface area contributed by atoms with Crippen LogP contribution in [0.5, 0.6) is 0 Å². The quantitative estimate of drug-likeness (QED) is 0.582. The first kappa shape index (κ1) is 19.6. The Bertz CT molecular complexity index is 1000. The molecule has 28 heavy (non-hydrogen) atoms. The van der Waals surface area contributed by atoms with Gasteiger partial charge in [-0.1, -0.05) is 23.7 Å². The third-order valence-electron chi connectivity index (χ3n) is 4.29. The monoisotopic (exact) mass is 400 g/mol. The van der Waals surface area contributed by atoms with E-state index in [0.717, 1.165) is 4.90 Å². The second-order valence-corrected chi connectivity index (χ2v) is 6.84. The Balaban J connectivity index is 1.89. The number of anilines is 1. The highest BCUT2D eigenvalue weighted by atomic mass is 35.5. The molecule has 0 saturated heterocycles. The van der Waals surface area contributed by atoms with Crippen LogP contribution in [0.15, 0.2) is 42.5 Å². The van der Waals surface area contributed by atoms with Crippen LogP contribution in [0.2, 0.25) is 5.02 Å². The largest absolute Gasteiger partial charge is 0.449 e. The highest BCUT2D eigenvalue weighted by molar-refractivity contribution is 6.39. The van der Waals surface area contributed by atoms with Gasteiger partial charge in [-0.25, -0.2) is 9.69 Å². The third kappa shape index (κ3) is 3.36. The molecule has 0 fully saturated rings. The van der Waals surface area contributed by atoms with Crippen LogP contribution in [-0.4, -0.2) is 48.8 Å². The molecule has 3 rings (SSSR count). The Morgan fingerprint density at radius 1 is 1.04 bits per heavy atom.